The van der Waals surface area contributed by atoms with Gasteiger partial charge in [-0.25, -0.2) is 8.78 Å². The predicted octanol–water partition coefficient (Wildman–Crippen LogP) is 2.54. The molecule has 0 spiro atoms. The van der Waals surface area contributed by atoms with Gasteiger partial charge in [0.15, 0.2) is 11.6 Å². The van der Waals surface area contributed by atoms with Crippen LogP contribution in [0, 0.1) is 11.6 Å². The Bertz CT molecular complexity index is 474. The number of carbonyl (C=O) groups excluding carboxylic acids is 1. The zero-order chi connectivity index (χ0) is 12.8. The molecule has 1 unspecified atom stereocenters. The Morgan fingerprint density at radius 2 is 1.76 bits per heavy atom. The van der Waals surface area contributed by atoms with E-state index in [9.17, 15) is 26.7 Å². The van der Waals surface area contributed by atoms with Gasteiger partial charge in [-0.3, -0.25) is 4.79 Å². The first-order chi connectivity index (χ1) is 7.80. The SMILES string of the molecule is O=C1CC(c2ccc(C(F)(F)F)c(F)c2F)N1. The molecular formula is C10H6F5NO. The van der Waals surface area contributed by atoms with E-state index in [2.05, 4.69) is 5.32 Å². The second kappa shape index (κ2) is 3.68. The second-order valence-corrected chi connectivity index (χ2v) is 3.65. The van der Waals surface area contributed by atoms with Crippen LogP contribution in [-0.2, 0) is 11.0 Å². The van der Waals surface area contributed by atoms with Crippen molar-refractivity contribution in [1.29, 1.82) is 0 Å². The Morgan fingerprint density at radius 1 is 1.18 bits per heavy atom. The van der Waals surface area contributed by atoms with Crippen molar-refractivity contribution in [3.63, 3.8) is 0 Å². The molecule has 2 rings (SSSR count). The first-order valence-electron chi connectivity index (χ1n) is 4.65. The quantitative estimate of drug-likeness (QED) is 0.603. The van der Waals surface area contributed by atoms with Crippen LogP contribution in [0.4, 0.5) is 22.0 Å². The first kappa shape index (κ1) is 11.8. The molecule has 0 saturated carbocycles. The van der Waals surface area contributed by atoms with Crippen molar-refractivity contribution in [2.24, 2.45) is 0 Å². The van der Waals surface area contributed by atoms with Crippen molar-refractivity contribution < 1.29 is 26.7 Å². The van der Waals surface area contributed by atoms with Gasteiger partial charge >= 0.3 is 6.18 Å². The highest BCUT2D eigenvalue weighted by molar-refractivity contribution is 5.83. The molecule has 7 heteroatoms. The fraction of sp³-hybridized carbons (Fsp3) is 0.300. The van der Waals surface area contributed by atoms with Crippen LogP contribution in [0.25, 0.3) is 0 Å². The molecule has 1 amide bonds. The van der Waals surface area contributed by atoms with Crippen LogP contribution in [0.5, 0.6) is 0 Å². The molecule has 0 aromatic heterocycles. The van der Waals surface area contributed by atoms with Gasteiger partial charge in [-0.15, -0.1) is 0 Å². The maximum absolute atomic E-state index is 13.4. The van der Waals surface area contributed by atoms with Crippen molar-refractivity contribution in [3.05, 3.63) is 34.9 Å². The van der Waals surface area contributed by atoms with E-state index in [1.54, 1.807) is 0 Å². The number of β-lactam (4-membered cyclic amide) rings is 1. The summed E-state index contributed by atoms with van der Waals surface area (Å²) in [5.41, 5.74) is -1.92. The van der Waals surface area contributed by atoms with E-state index in [4.69, 9.17) is 0 Å². The third-order valence-corrected chi connectivity index (χ3v) is 2.52. The molecule has 1 aliphatic rings. The number of nitrogens with one attached hydrogen (secondary N) is 1. The first-order valence-corrected chi connectivity index (χ1v) is 4.65. The standard InChI is InChI=1S/C10H6F5NO/c11-8-4(6-3-7(17)16-6)1-2-5(9(8)12)10(13,14)15/h1-2,6H,3H2,(H,16,17). The number of hydrogen-bond donors (Lipinski definition) is 1. The summed E-state index contributed by atoms with van der Waals surface area (Å²) in [5.74, 6) is -3.85. The Hall–Kier alpha value is -1.66. The van der Waals surface area contributed by atoms with Crippen LogP contribution < -0.4 is 5.32 Å². The Kier molecular flexibility index (Phi) is 2.56. The molecule has 17 heavy (non-hydrogen) atoms. The average molecular weight is 251 g/mol. The monoisotopic (exact) mass is 251 g/mol. The summed E-state index contributed by atoms with van der Waals surface area (Å²) >= 11 is 0. The molecule has 1 aromatic rings. The van der Waals surface area contributed by atoms with E-state index < -0.39 is 29.4 Å². The molecule has 1 N–H and O–H groups in total. The summed E-state index contributed by atoms with van der Waals surface area (Å²) in [6.45, 7) is 0. The van der Waals surface area contributed by atoms with E-state index in [-0.39, 0.29) is 17.9 Å². The van der Waals surface area contributed by atoms with Gasteiger partial charge in [0.2, 0.25) is 5.91 Å². The molecule has 92 valence electrons. The number of rotatable bonds is 1. The minimum atomic E-state index is -4.94. The van der Waals surface area contributed by atoms with Gasteiger partial charge in [0, 0.05) is 5.56 Å². The van der Waals surface area contributed by atoms with Gasteiger partial charge in [0.05, 0.1) is 18.0 Å². The number of hydrogen-bond acceptors (Lipinski definition) is 1. The van der Waals surface area contributed by atoms with Gasteiger partial charge in [0.25, 0.3) is 0 Å². The van der Waals surface area contributed by atoms with Crippen LogP contribution >= 0.6 is 0 Å². The topological polar surface area (TPSA) is 29.1 Å². The molecule has 1 aliphatic heterocycles. The smallest absolute Gasteiger partial charge is 0.349 e. The number of alkyl halides is 3. The Morgan fingerprint density at radius 3 is 2.24 bits per heavy atom. The molecule has 0 radical (unpaired) electrons. The molecule has 1 atom stereocenters. The molecule has 1 heterocycles. The normalized spacial score (nSPS) is 19.8. The van der Waals surface area contributed by atoms with E-state index in [0.29, 0.717) is 6.07 Å². The van der Waals surface area contributed by atoms with Crippen molar-refractivity contribution in [2.45, 2.75) is 18.6 Å². The Balaban J connectivity index is 2.40. The van der Waals surface area contributed by atoms with Crippen molar-refractivity contribution in [2.75, 3.05) is 0 Å². The van der Waals surface area contributed by atoms with Crippen molar-refractivity contribution >= 4 is 5.91 Å². The summed E-state index contributed by atoms with van der Waals surface area (Å²) in [5, 5.41) is 2.26. The second-order valence-electron chi connectivity index (χ2n) is 3.65. The number of carbonyl (C=O) groups is 1. The fourth-order valence-corrected chi connectivity index (χ4v) is 1.60. The fourth-order valence-electron chi connectivity index (χ4n) is 1.60. The van der Waals surface area contributed by atoms with Crippen LogP contribution in [0.1, 0.15) is 23.6 Å². The molecule has 2 nitrogen and oxygen atoms in total. The lowest BCUT2D eigenvalue weighted by Crippen LogP contribution is -2.42. The lowest BCUT2D eigenvalue weighted by Gasteiger charge is -2.27. The summed E-state index contributed by atoms with van der Waals surface area (Å²) < 4.78 is 63.3. The summed E-state index contributed by atoms with van der Waals surface area (Å²) in [6.07, 6.45) is -4.99. The van der Waals surface area contributed by atoms with E-state index >= 15 is 0 Å². The molecule has 1 fully saturated rings. The summed E-state index contributed by atoms with van der Waals surface area (Å²) in [7, 11) is 0. The van der Waals surface area contributed by atoms with Crippen LogP contribution in [0.15, 0.2) is 12.1 Å². The van der Waals surface area contributed by atoms with Crippen LogP contribution in [0.3, 0.4) is 0 Å². The minimum Gasteiger partial charge on any atom is -0.349 e. The largest absolute Gasteiger partial charge is 0.419 e. The Labute approximate surface area is 92.4 Å². The number of halogens is 5. The van der Waals surface area contributed by atoms with Crippen LogP contribution in [0.2, 0.25) is 0 Å². The summed E-state index contributed by atoms with van der Waals surface area (Å²) in [6, 6.07) is 0.558. The van der Waals surface area contributed by atoms with E-state index in [1.807, 2.05) is 0 Å². The maximum Gasteiger partial charge on any atom is 0.419 e. The summed E-state index contributed by atoms with van der Waals surface area (Å²) in [4.78, 5) is 10.6. The zero-order valence-corrected chi connectivity index (χ0v) is 8.24. The highest BCUT2D eigenvalue weighted by atomic mass is 19.4. The highest BCUT2D eigenvalue weighted by Gasteiger charge is 2.38. The highest BCUT2D eigenvalue weighted by Crippen LogP contribution is 2.35. The van der Waals surface area contributed by atoms with Gasteiger partial charge in [0.1, 0.15) is 0 Å². The lowest BCUT2D eigenvalue weighted by atomic mass is 9.95. The third kappa shape index (κ3) is 1.96. The van der Waals surface area contributed by atoms with Gasteiger partial charge in [-0.1, -0.05) is 6.07 Å². The van der Waals surface area contributed by atoms with Gasteiger partial charge in [-0.05, 0) is 6.07 Å². The molecular weight excluding hydrogens is 245 g/mol. The number of amides is 1. The van der Waals surface area contributed by atoms with E-state index in [0.717, 1.165) is 6.07 Å². The maximum atomic E-state index is 13.4. The van der Waals surface area contributed by atoms with Crippen molar-refractivity contribution in [3.8, 4) is 0 Å². The van der Waals surface area contributed by atoms with Gasteiger partial charge < -0.3 is 5.32 Å². The average Bonchev–Trinajstić information content (AvgIpc) is 2.16. The molecule has 0 aliphatic carbocycles. The molecule has 1 aromatic carbocycles. The lowest BCUT2D eigenvalue weighted by molar-refractivity contribution is -0.140. The van der Waals surface area contributed by atoms with Crippen molar-refractivity contribution in [1.82, 2.24) is 5.32 Å². The molecule has 1 saturated heterocycles. The van der Waals surface area contributed by atoms with Gasteiger partial charge in [-0.2, -0.15) is 13.2 Å². The molecule has 0 bridgehead atoms. The van der Waals surface area contributed by atoms with E-state index in [1.165, 1.54) is 0 Å². The third-order valence-electron chi connectivity index (χ3n) is 2.52. The van der Waals surface area contributed by atoms with Crippen LogP contribution in [-0.4, -0.2) is 5.91 Å². The zero-order valence-electron chi connectivity index (χ0n) is 8.24. The predicted molar refractivity (Wildman–Crippen MR) is 46.9 cm³/mol. The minimum absolute atomic E-state index is 0.0538. The number of benzene rings is 1.